The summed E-state index contributed by atoms with van der Waals surface area (Å²) in [4.78, 5) is 17.0. The molecule has 0 bridgehead atoms. The maximum Gasteiger partial charge on any atom is 0.255 e. The lowest BCUT2D eigenvalue weighted by molar-refractivity contribution is 0.0966. The standard InChI is InChI=1S/C20H24ClN5O/c1-11-5-4-6-12(9-11)24-18-16-13(10-23-20(16)27)17(21)19(26-18)25-15-8-3-2-7-14(15)22/h4-6,9,14-15H,2-3,7-8,10,22H2,1H3,(H,23,27)(H2,24,25,26)/t14-,15+/m0/s1. The number of amides is 1. The van der Waals surface area contributed by atoms with Gasteiger partial charge in [0.2, 0.25) is 0 Å². The SMILES string of the molecule is Cc1cccc(Nc2nc(N[C@@H]3CCCC[C@@H]3N)c(Cl)c3c2C(=O)NC3)c1. The quantitative estimate of drug-likeness (QED) is 0.643. The lowest BCUT2D eigenvalue weighted by Crippen LogP contribution is -2.42. The van der Waals surface area contributed by atoms with E-state index in [1.54, 1.807) is 0 Å². The summed E-state index contributed by atoms with van der Waals surface area (Å²) in [5.74, 6) is 0.946. The molecule has 2 aliphatic rings. The average Bonchev–Trinajstić information content (AvgIpc) is 3.03. The average molecular weight is 386 g/mol. The van der Waals surface area contributed by atoms with E-state index in [9.17, 15) is 4.79 Å². The van der Waals surface area contributed by atoms with Crippen LogP contribution < -0.4 is 21.7 Å². The second-order valence-corrected chi connectivity index (χ2v) is 7.73. The number of anilines is 3. The molecule has 0 radical (unpaired) electrons. The van der Waals surface area contributed by atoms with Gasteiger partial charge in [0, 0.05) is 29.9 Å². The van der Waals surface area contributed by atoms with Crippen molar-refractivity contribution in [2.45, 2.75) is 51.2 Å². The molecule has 1 aliphatic carbocycles. The van der Waals surface area contributed by atoms with Crippen LogP contribution in [0.4, 0.5) is 17.3 Å². The van der Waals surface area contributed by atoms with Crippen LogP contribution in [-0.2, 0) is 6.54 Å². The first-order chi connectivity index (χ1) is 13.0. The fraction of sp³-hybridized carbons (Fsp3) is 0.400. The molecule has 5 N–H and O–H groups in total. The molecule has 0 unspecified atom stereocenters. The number of nitrogens with zero attached hydrogens (tertiary/aromatic N) is 1. The summed E-state index contributed by atoms with van der Waals surface area (Å²) >= 11 is 6.60. The third-order valence-corrected chi connectivity index (χ3v) is 5.72. The summed E-state index contributed by atoms with van der Waals surface area (Å²) in [6, 6.07) is 8.17. The summed E-state index contributed by atoms with van der Waals surface area (Å²) in [6.45, 7) is 2.43. The molecule has 1 fully saturated rings. The van der Waals surface area contributed by atoms with Crippen molar-refractivity contribution in [1.82, 2.24) is 10.3 Å². The van der Waals surface area contributed by atoms with E-state index in [1.165, 1.54) is 0 Å². The number of pyridine rings is 1. The highest BCUT2D eigenvalue weighted by atomic mass is 35.5. The highest BCUT2D eigenvalue weighted by molar-refractivity contribution is 6.34. The molecule has 1 aromatic carbocycles. The number of nitrogens with two attached hydrogens (primary N) is 1. The Kier molecular flexibility index (Phi) is 4.93. The molecule has 27 heavy (non-hydrogen) atoms. The first-order valence-electron chi connectivity index (χ1n) is 9.39. The smallest absolute Gasteiger partial charge is 0.255 e. The molecular formula is C20H24ClN5O. The summed E-state index contributed by atoms with van der Waals surface area (Å²) in [7, 11) is 0. The molecule has 2 atom stereocenters. The van der Waals surface area contributed by atoms with Gasteiger partial charge in [0.15, 0.2) is 0 Å². The number of halogens is 1. The zero-order valence-corrected chi connectivity index (χ0v) is 16.1. The van der Waals surface area contributed by atoms with Gasteiger partial charge in [-0.15, -0.1) is 0 Å². The maximum absolute atomic E-state index is 12.4. The van der Waals surface area contributed by atoms with Gasteiger partial charge >= 0.3 is 0 Å². The van der Waals surface area contributed by atoms with E-state index in [-0.39, 0.29) is 18.0 Å². The number of nitrogens with one attached hydrogen (secondary N) is 3. The normalized spacial score (nSPS) is 21.5. The summed E-state index contributed by atoms with van der Waals surface area (Å²) in [5, 5.41) is 10.1. The van der Waals surface area contributed by atoms with Crippen LogP contribution in [0.1, 0.15) is 47.2 Å². The molecular weight excluding hydrogens is 362 g/mol. The van der Waals surface area contributed by atoms with Gasteiger partial charge in [-0.25, -0.2) is 4.98 Å². The minimum atomic E-state index is -0.157. The van der Waals surface area contributed by atoms with E-state index < -0.39 is 0 Å². The van der Waals surface area contributed by atoms with Crippen molar-refractivity contribution in [3.8, 4) is 0 Å². The number of aromatic nitrogens is 1. The molecule has 4 rings (SSSR count). The van der Waals surface area contributed by atoms with Crippen molar-refractivity contribution in [1.29, 1.82) is 0 Å². The molecule has 1 amide bonds. The Balaban J connectivity index is 1.71. The monoisotopic (exact) mass is 385 g/mol. The van der Waals surface area contributed by atoms with Gasteiger partial charge in [-0.2, -0.15) is 0 Å². The number of hydrogen-bond acceptors (Lipinski definition) is 5. The number of aryl methyl sites for hydroxylation is 1. The van der Waals surface area contributed by atoms with Crippen LogP contribution in [0.3, 0.4) is 0 Å². The zero-order chi connectivity index (χ0) is 19.0. The minimum Gasteiger partial charge on any atom is -0.364 e. The lowest BCUT2D eigenvalue weighted by atomic mass is 9.91. The van der Waals surface area contributed by atoms with Crippen molar-refractivity contribution >= 4 is 34.8 Å². The second kappa shape index (κ2) is 7.37. The molecule has 1 aromatic heterocycles. The van der Waals surface area contributed by atoms with E-state index in [4.69, 9.17) is 17.3 Å². The predicted molar refractivity (Wildman–Crippen MR) is 109 cm³/mol. The lowest BCUT2D eigenvalue weighted by Gasteiger charge is -2.30. The van der Waals surface area contributed by atoms with Gasteiger partial charge in [-0.3, -0.25) is 4.79 Å². The van der Waals surface area contributed by atoms with Crippen molar-refractivity contribution in [2.75, 3.05) is 10.6 Å². The molecule has 6 nitrogen and oxygen atoms in total. The predicted octanol–water partition coefficient (Wildman–Crippen LogP) is 3.71. The Morgan fingerprint density at radius 2 is 2.07 bits per heavy atom. The van der Waals surface area contributed by atoms with Gasteiger partial charge in [-0.1, -0.05) is 36.6 Å². The molecule has 1 aliphatic heterocycles. The fourth-order valence-corrected chi connectivity index (χ4v) is 4.10. The van der Waals surface area contributed by atoms with Crippen LogP contribution in [0.25, 0.3) is 0 Å². The first kappa shape index (κ1) is 18.1. The van der Waals surface area contributed by atoms with Crippen LogP contribution in [-0.4, -0.2) is 23.0 Å². The number of rotatable bonds is 4. The first-order valence-corrected chi connectivity index (χ1v) is 9.77. The van der Waals surface area contributed by atoms with Crippen LogP contribution >= 0.6 is 11.6 Å². The van der Waals surface area contributed by atoms with Gasteiger partial charge in [0.1, 0.15) is 11.6 Å². The van der Waals surface area contributed by atoms with E-state index in [0.29, 0.717) is 28.8 Å². The van der Waals surface area contributed by atoms with E-state index in [2.05, 4.69) is 20.9 Å². The highest BCUT2D eigenvalue weighted by Gasteiger charge is 2.30. The zero-order valence-electron chi connectivity index (χ0n) is 15.3. The Bertz CT molecular complexity index is 885. The topological polar surface area (TPSA) is 92.1 Å². The molecule has 7 heteroatoms. The van der Waals surface area contributed by atoms with Crippen LogP contribution in [0, 0.1) is 6.92 Å². The van der Waals surface area contributed by atoms with Gasteiger partial charge in [-0.05, 0) is 37.5 Å². The third kappa shape index (κ3) is 3.59. The molecule has 0 saturated heterocycles. The largest absolute Gasteiger partial charge is 0.364 e. The van der Waals surface area contributed by atoms with Crippen molar-refractivity contribution in [3.05, 3.63) is 46.0 Å². The van der Waals surface area contributed by atoms with Gasteiger partial charge < -0.3 is 21.7 Å². The fourth-order valence-electron chi connectivity index (χ4n) is 3.84. The number of hydrogen-bond donors (Lipinski definition) is 4. The number of carbonyl (C=O) groups excluding carboxylic acids is 1. The Morgan fingerprint density at radius 3 is 2.85 bits per heavy atom. The molecule has 142 valence electrons. The summed E-state index contributed by atoms with van der Waals surface area (Å²) < 4.78 is 0. The van der Waals surface area contributed by atoms with E-state index in [1.807, 2.05) is 31.2 Å². The van der Waals surface area contributed by atoms with Gasteiger partial charge in [0.05, 0.1) is 10.6 Å². The van der Waals surface area contributed by atoms with Crippen molar-refractivity contribution < 1.29 is 4.79 Å². The minimum absolute atomic E-state index is 0.0813. The molecule has 0 spiro atoms. The third-order valence-electron chi connectivity index (χ3n) is 5.31. The van der Waals surface area contributed by atoms with E-state index >= 15 is 0 Å². The Labute approximate surface area is 163 Å². The number of fused-ring (bicyclic) bond motifs is 1. The Hall–Kier alpha value is -2.31. The highest BCUT2D eigenvalue weighted by Crippen LogP contribution is 2.36. The molecule has 2 aromatic rings. The van der Waals surface area contributed by atoms with Crippen LogP contribution in [0.15, 0.2) is 24.3 Å². The summed E-state index contributed by atoms with van der Waals surface area (Å²) in [6.07, 6.45) is 4.29. The maximum atomic E-state index is 12.4. The number of benzene rings is 1. The summed E-state index contributed by atoms with van der Waals surface area (Å²) in [5.41, 5.74) is 9.57. The van der Waals surface area contributed by atoms with Crippen LogP contribution in [0.2, 0.25) is 5.02 Å². The second-order valence-electron chi connectivity index (χ2n) is 7.35. The Morgan fingerprint density at radius 1 is 1.26 bits per heavy atom. The van der Waals surface area contributed by atoms with Gasteiger partial charge in [0.25, 0.3) is 5.91 Å². The van der Waals surface area contributed by atoms with E-state index in [0.717, 1.165) is 42.5 Å². The molecule has 2 heterocycles. The van der Waals surface area contributed by atoms with Crippen LogP contribution in [0.5, 0.6) is 0 Å². The van der Waals surface area contributed by atoms with Crippen molar-refractivity contribution in [2.24, 2.45) is 5.73 Å². The molecule has 1 saturated carbocycles. The van der Waals surface area contributed by atoms with Crippen molar-refractivity contribution in [3.63, 3.8) is 0 Å². The number of carbonyl (C=O) groups is 1.